The molecule has 6 heteroatoms. The molecule has 4 aromatic carbocycles. The zero-order chi connectivity index (χ0) is 28.0. The number of hydrogen-bond acceptors (Lipinski definition) is 3. The number of benzene rings is 4. The number of nitrogens with zero attached hydrogens (tertiary/aromatic N) is 3. The highest BCUT2D eigenvalue weighted by Crippen LogP contribution is 2.41. The number of hydrogen-bond donors (Lipinski definition) is 1. The van der Waals surface area contributed by atoms with Gasteiger partial charge in [-0.05, 0) is 35.7 Å². The van der Waals surface area contributed by atoms with Crippen LogP contribution < -0.4 is 0 Å². The topological polar surface area (TPSA) is 31.6 Å². The van der Waals surface area contributed by atoms with E-state index in [0.717, 1.165) is 32.7 Å². The van der Waals surface area contributed by atoms with Gasteiger partial charge in [0.1, 0.15) is 0 Å². The van der Waals surface area contributed by atoms with Gasteiger partial charge in [-0.25, -0.2) is 0 Å². The van der Waals surface area contributed by atoms with E-state index in [1.54, 1.807) is 0 Å². The Morgan fingerprint density at radius 2 is 1.28 bits per heavy atom. The summed E-state index contributed by atoms with van der Waals surface area (Å²) in [6, 6.07) is 38.5. The Bertz CT molecular complexity index is 1600. The van der Waals surface area contributed by atoms with Gasteiger partial charge in [-0.3, -0.25) is 9.80 Å². The van der Waals surface area contributed by atoms with Gasteiger partial charge in [-0.2, -0.15) is 0 Å². The molecule has 6 rings (SSSR count). The molecule has 1 N–H and O–H groups in total. The van der Waals surface area contributed by atoms with E-state index < -0.39 is 6.10 Å². The zero-order valence-corrected chi connectivity index (χ0v) is 26.3. The van der Waals surface area contributed by atoms with Gasteiger partial charge in [0, 0.05) is 55.7 Å². The predicted molar refractivity (Wildman–Crippen MR) is 186 cm³/mol. The number of aliphatic hydroxyl groups is 1. The highest BCUT2D eigenvalue weighted by atomic mass is 35.5. The number of rotatable bonds is 9. The monoisotopic (exact) mass is 613 g/mol. The van der Waals surface area contributed by atoms with Crippen molar-refractivity contribution in [2.45, 2.75) is 19.6 Å². The van der Waals surface area contributed by atoms with Crippen LogP contribution in [0.3, 0.4) is 0 Å². The van der Waals surface area contributed by atoms with E-state index in [4.69, 9.17) is 0 Å². The summed E-state index contributed by atoms with van der Waals surface area (Å²) >= 11 is 0. The van der Waals surface area contributed by atoms with Gasteiger partial charge in [-0.15, -0.1) is 24.8 Å². The van der Waals surface area contributed by atoms with Crippen LogP contribution in [-0.4, -0.2) is 64.8 Å². The molecule has 43 heavy (non-hydrogen) atoms. The summed E-state index contributed by atoms with van der Waals surface area (Å²) in [5.41, 5.74) is 8.43. The smallest absolute Gasteiger partial charge is 0.0845 e. The Labute approximate surface area is 268 Å². The number of aromatic nitrogens is 1. The Balaban J connectivity index is 0.00000212. The van der Waals surface area contributed by atoms with Crippen molar-refractivity contribution < 1.29 is 5.11 Å². The van der Waals surface area contributed by atoms with Gasteiger partial charge < -0.3 is 9.67 Å². The summed E-state index contributed by atoms with van der Waals surface area (Å²) in [5.74, 6) is 0. The number of fused-ring (bicyclic) bond motifs is 1. The number of aliphatic hydroxyl groups excluding tert-OH is 1. The molecule has 5 aromatic rings. The highest BCUT2D eigenvalue weighted by Gasteiger charge is 2.24. The minimum atomic E-state index is -0.470. The number of β-amino-alcohol motifs (C(OH)–C–C–N with tert-alkyl or cyclic N) is 1. The van der Waals surface area contributed by atoms with Crippen molar-refractivity contribution in [3.05, 3.63) is 126 Å². The van der Waals surface area contributed by atoms with Gasteiger partial charge in [0.2, 0.25) is 0 Å². The van der Waals surface area contributed by atoms with Gasteiger partial charge >= 0.3 is 0 Å². The van der Waals surface area contributed by atoms with Crippen molar-refractivity contribution in [3.8, 4) is 22.4 Å². The van der Waals surface area contributed by atoms with E-state index in [-0.39, 0.29) is 24.8 Å². The van der Waals surface area contributed by atoms with E-state index >= 15 is 0 Å². The molecule has 1 aromatic heterocycles. The van der Waals surface area contributed by atoms with E-state index in [2.05, 4.69) is 143 Å². The molecule has 1 saturated heterocycles. The summed E-state index contributed by atoms with van der Waals surface area (Å²) in [6.07, 6.45) is 3.99. The minimum Gasteiger partial charge on any atom is -0.390 e. The van der Waals surface area contributed by atoms with Gasteiger partial charge in [0.25, 0.3) is 0 Å². The molecule has 1 aliphatic rings. The fraction of sp³-hybridized carbons (Fsp3) is 0.243. The lowest BCUT2D eigenvalue weighted by Crippen LogP contribution is -2.48. The van der Waals surface area contributed by atoms with Gasteiger partial charge in [0.05, 0.1) is 18.3 Å². The third kappa shape index (κ3) is 7.77. The summed E-state index contributed by atoms with van der Waals surface area (Å²) < 4.78 is 2.35. The van der Waals surface area contributed by atoms with Crippen molar-refractivity contribution in [3.63, 3.8) is 0 Å². The summed E-state index contributed by atoms with van der Waals surface area (Å²) in [5, 5.41) is 12.7. The molecule has 1 atom stereocenters. The highest BCUT2D eigenvalue weighted by molar-refractivity contribution is 6.04. The second-order valence-corrected chi connectivity index (χ2v) is 11.2. The molecule has 1 aliphatic heterocycles. The molecule has 224 valence electrons. The second-order valence-electron chi connectivity index (χ2n) is 11.2. The van der Waals surface area contributed by atoms with Crippen molar-refractivity contribution >= 4 is 41.8 Å². The van der Waals surface area contributed by atoms with Crippen LogP contribution >= 0.6 is 24.8 Å². The molecule has 0 spiro atoms. The Hall–Kier alpha value is -3.38. The zero-order valence-electron chi connectivity index (χ0n) is 24.7. The SMILES string of the molecule is Cc1ccc2c(c1)c(-c1ccccc1)c(-c1ccccc1)n2CC(O)CN1CCN(C/C=C/c2ccccc2)CC1.Cl.Cl. The molecule has 1 fully saturated rings. The van der Waals surface area contributed by atoms with Crippen LogP contribution in [0, 0.1) is 6.92 Å². The first-order chi connectivity index (χ1) is 20.2. The number of piperazine rings is 1. The maximum atomic E-state index is 11.5. The summed E-state index contributed by atoms with van der Waals surface area (Å²) in [4.78, 5) is 4.90. The molecule has 4 nitrogen and oxygen atoms in total. The van der Waals surface area contributed by atoms with E-state index in [1.165, 1.54) is 44.4 Å². The average Bonchev–Trinajstić information content (AvgIpc) is 3.32. The lowest BCUT2D eigenvalue weighted by atomic mass is 9.98. The Morgan fingerprint density at radius 1 is 0.698 bits per heavy atom. The van der Waals surface area contributed by atoms with Crippen LogP contribution in [0.1, 0.15) is 11.1 Å². The lowest BCUT2D eigenvalue weighted by molar-refractivity contribution is 0.0684. The fourth-order valence-electron chi connectivity index (χ4n) is 6.07. The predicted octanol–water partition coefficient (Wildman–Crippen LogP) is 7.82. The molecule has 0 aliphatic carbocycles. The normalized spacial score (nSPS) is 14.8. The summed E-state index contributed by atoms with van der Waals surface area (Å²) in [7, 11) is 0. The first-order valence-corrected chi connectivity index (χ1v) is 14.7. The third-order valence-corrected chi connectivity index (χ3v) is 8.13. The van der Waals surface area contributed by atoms with Gasteiger partial charge in [0.15, 0.2) is 0 Å². The van der Waals surface area contributed by atoms with Crippen molar-refractivity contribution in [2.75, 3.05) is 39.3 Å². The third-order valence-electron chi connectivity index (χ3n) is 8.13. The number of aryl methyl sites for hydroxylation is 1. The van der Waals surface area contributed by atoms with Crippen molar-refractivity contribution in [1.82, 2.24) is 14.4 Å². The van der Waals surface area contributed by atoms with Crippen LogP contribution in [0.2, 0.25) is 0 Å². The first-order valence-electron chi connectivity index (χ1n) is 14.7. The van der Waals surface area contributed by atoms with Crippen LogP contribution in [0.15, 0.2) is 115 Å². The second kappa shape index (κ2) is 15.4. The van der Waals surface area contributed by atoms with Gasteiger partial charge in [-0.1, -0.05) is 115 Å². The molecule has 0 saturated carbocycles. The van der Waals surface area contributed by atoms with E-state index in [0.29, 0.717) is 13.1 Å². The Kier molecular flexibility index (Phi) is 11.6. The lowest BCUT2D eigenvalue weighted by Gasteiger charge is -2.35. The molecule has 0 radical (unpaired) electrons. The van der Waals surface area contributed by atoms with Crippen LogP contribution in [0.5, 0.6) is 0 Å². The quantitative estimate of drug-likeness (QED) is 0.184. The molecule has 1 unspecified atom stereocenters. The molecule has 0 amide bonds. The molecular formula is C37H41Cl2N3O. The van der Waals surface area contributed by atoms with Crippen LogP contribution in [0.25, 0.3) is 39.4 Å². The molecule has 2 heterocycles. The first kappa shape index (κ1) is 32.5. The Morgan fingerprint density at radius 3 is 1.93 bits per heavy atom. The van der Waals surface area contributed by atoms with Crippen LogP contribution in [0.4, 0.5) is 0 Å². The largest absolute Gasteiger partial charge is 0.390 e. The molecule has 0 bridgehead atoms. The fourth-order valence-corrected chi connectivity index (χ4v) is 6.07. The average molecular weight is 615 g/mol. The maximum absolute atomic E-state index is 11.5. The van der Waals surface area contributed by atoms with Crippen LogP contribution in [-0.2, 0) is 6.54 Å². The molecular weight excluding hydrogens is 573 g/mol. The summed E-state index contributed by atoms with van der Waals surface area (Å²) in [6.45, 7) is 8.33. The van der Waals surface area contributed by atoms with Crippen molar-refractivity contribution in [1.29, 1.82) is 0 Å². The maximum Gasteiger partial charge on any atom is 0.0845 e. The van der Waals surface area contributed by atoms with E-state index in [9.17, 15) is 5.11 Å². The standard InChI is InChI=1S/C37H39N3O.2ClH/c1-29-19-20-35-34(26-29)36(31-15-7-3-8-16-31)37(32-17-9-4-10-18-32)40(35)28-33(41)27-39-24-22-38(23-25-39)21-11-14-30-12-5-2-6-13-30;;/h2-20,26,33,41H,21-25,27-28H2,1H3;2*1H/b14-11+;;. The minimum absolute atomic E-state index is 0. The number of halogens is 2. The van der Waals surface area contributed by atoms with E-state index in [1.807, 2.05) is 0 Å². The van der Waals surface area contributed by atoms with Crippen molar-refractivity contribution in [2.24, 2.45) is 0 Å².